The summed E-state index contributed by atoms with van der Waals surface area (Å²) in [7, 11) is 0. The highest BCUT2D eigenvalue weighted by molar-refractivity contribution is 5.25. The number of nitrogens with zero attached hydrogens (tertiary/aromatic N) is 1. The van der Waals surface area contributed by atoms with Gasteiger partial charge in [0.2, 0.25) is 5.88 Å². The summed E-state index contributed by atoms with van der Waals surface area (Å²) in [5.74, 6) is 0.747. The number of hydrogen-bond donors (Lipinski definition) is 1. The van der Waals surface area contributed by atoms with Gasteiger partial charge < -0.3 is 10.1 Å². The Morgan fingerprint density at radius 3 is 2.89 bits per heavy atom. The van der Waals surface area contributed by atoms with Crippen molar-refractivity contribution in [3.63, 3.8) is 0 Å². The molecule has 0 aliphatic carbocycles. The molecule has 1 heterocycles. The fraction of sp³-hybridized carbons (Fsp3) is 0.562. The second-order valence-electron chi connectivity index (χ2n) is 4.61. The third-order valence-corrected chi connectivity index (χ3v) is 2.84. The molecule has 1 aromatic rings. The maximum atomic E-state index is 5.71. The average molecular weight is 262 g/mol. The normalized spacial score (nSPS) is 10.4. The standard InChI is InChI=1S/C16H26N2O/c1-4-7-8-10-19-16-12-14(13-17-9-5-2)11-15(6-3)18-16/h4,11-12,17H,1,5-10,13H2,2-3H3. The summed E-state index contributed by atoms with van der Waals surface area (Å²) in [6, 6.07) is 4.19. The fourth-order valence-electron chi connectivity index (χ4n) is 1.79. The Kier molecular flexibility index (Phi) is 7.91. The lowest BCUT2D eigenvalue weighted by Crippen LogP contribution is -2.14. The number of aryl methyl sites for hydroxylation is 1. The Morgan fingerprint density at radius 1 is 1.37 bits per heavy atom. The van der Waals surface area contributed by atoms with Crippen LogP contribution in [0.25, 0.3) is 0 Å². The highest BCUT2D eigenvalue weighted by Gasteiger charge is 2.03. The molecular formula is C16H26N2O. The van der Waals surface area contributed by atoms with E-state index in [1.54, 1.807) is 0 Å². The van der Waals surface area contributed by atoms with Crippen molar-refractivity contribution >= 4 is 0 Å². The van der Waals surface area contributed by atoms with Crippen molar-refractivity contribution in [3.05, 3.63) is 36.0 Å². The molecule has 1 rings (SSSR count). The van der Waals surface area contributed by atoms with Crippen LogP contribution in [-0.2, 0) is 13.0 Å². The molecule has 19 heavy (non-hydrogen) atoms. The van der Waals surface area contributed by atoms with Gasteiger partial charge in [0.1, 0.15) is 0 Å². The molecule has 0 aliphatic heterocycles. The van der Waals surface area contributed by atoms with Crippen molar-refractivity contribution in [1.82, 2.24) is 10.3 Å². The van der Waals surface area contributed by atoms with Gasteiger partial charge in [-0.3, -0.25) is 0 Å². The van der Waals surface area contributed by atoms with E-state index >= 15 is 0 Å². The lowest BCUT2D eigenvalue weighted by atomic mass is 10.2. The summed E-state index contributed by atoms with van der Waals surface area (Å²) < 4.78 is 5.71. The maximum Gasteiger partial charge on any atom is 0.213 e. The van der Waals surface area contributed by atoms with Gasteiger partial charge in [0.25, 0.3) is 0 Å². The fourth-order valence-corrected chi connectivity index (χ4v) is 1.79. The van der Waals surface area contributed by atoms with Gasteiger partial charge in [0.05, 0.1) is 6.61 Å². The van der Waals surface area contributed by atoms with Gasteiger partial charge in [-0.2, -0.15) is 0 Å². The molecule has 0 unspecified atom stereocenters. The Hall–Kier alpha value is -1.35. The van der Waals surface area contributed by atoms with Crippen LogP contribution in [-0.4, -0.2) is 18.1 Å². The van der Waals surface area contributed by atoms with Gasteiger partial charge in [-0.05, 0) is 43.9 Å². The Balaban J connectivity index is 2.58. The number of unbranched alkanes of at least 4 members (excludes halogenated alkanes) is 1. The highest BCUT2D eigenvalue weighted by atomic mass is 16.5. The van der Waals surface area contributed by atoms with E-state index in [-0.39, 0.29) is 0 Å². The molecule has 0 radical (unpaired) electrons. The number of aromatic nitrogens is 1. The van der Waals surface area contributed by atoms with Crippen molar-refractivity contribution in [1.29, 1.82) is 0 Å². The van der Waals surface area contributed by atoms with E-state index in [4.69, 9.17) is 4.74 Å². The zero-order valence-electron chi connectivity index (χ0n) is 12.2. The SMILES string of the molecule is C=CCCCOc1cc(CNCCC)cc(CC)n1. The Bertz CT molecular complexity index is 377. The van der Waals surface area contributed by atoms with E-state index in [9.17, 15) is 0 Å². The zero-order valence-corrected chi connectivity index (χ0v) is 12.2. The predicted octanol–water partition coefficient (Wildman–Crippen LogP) is 3.49. The molecule has 0 saturated carbocycles. The molecule has 0 fully saturated rings. The molecule has 106 valence electrons. The van der Waals surface area contributed by atoms with Crippen LogP contribution in [0.4, 0.5) is 0 Å². The molecule has 0 aromatic carbocycles. The van der Waals surface area contributed by atoms with E-state index in [0.29, 0.717) is 6.61 Å². The zero-order chi connectivity index (χ0) is 13.9. The molecule has 0 saturated heterocycles. The third kappa shape index (κ3) is 6.39. The number of rotatable bonds is 10. The quantitative estimate of drug-likeness (QED) is 0.518. The van der Waals surface area contributed by atoms with E-state index in [1.807, 2.05) is 12.1 Å². The number of allylic oxidation sites excluding steroid dienone is 1. The van der Waals surface area contributed by atoms with Gasteiger partial charge in [0.15, 0.2) is 0 Å². The van der Waals surface area contributed by atoms with Gasteiger partial charge in [-0.25, -0.2) is 4.98 Å². The largest absolute Gasteiger partial charge is 0.478 e. The average Bonchev–Trinajstić information content (AvgIpc) is 2.44. The van der Waals surface area contributed by atoms with Gasteiger partial charge >= 0.3 is 0 Å². The molecule has 3 nitrogen and oxygen atoms in total. The number of pyridine rings is 1. The Labute approximate surface area is 117 Å². The molecular weight excluding hydrogens is 236 g/mol. The smallest absolute Gasteiger partial charge is 0.213 e. The molecule has 0 spiro atoms. The van der Waals surface area contributed by atoms with E-state index in [1.165, 1.54) is 5.56 Å². The van der Waals surface area contributed by atoms with Crippen molar-refractivity contribution in [2.24, 2.45) is 0 Å². The minimum absolute atomic E-state index is 0.702. The van der Waals surface area contributed by atoms with E-state index in [2.05, 4.69) is 36.8 Å². The van der Waals surface area contributed by atoms with Crippen LogP contribution < -0.4 is 10.1 Å². The van der Waals surface area contributed by atoms with Crippen LogP contribution in [0.2, 0.25) is 0 Å². The maximum absolute atomic E-state index is 5.71. The molecule has 0 atom stereocenters. The third-order valence-electron chi connectivity index (χ3n) is 2.84. The van der Waals surface area contributed by atoms with Crippen LogP contribution in [0.15, 0.2) is 24.8 Å². The van der Waals surface area contributed by atoms with E-state index < -0.39 is 0 Å². The minimum atomic E-state index is 0.702. The first-order valence-corrected chi connectivity index (χ1v) is 7.24. The van der Waals surface area contributed by atoms with Crippen LogP contribution >= 0.6 is 0 Å². The number of ether oxygens (including phenoxy) is 1. The van der Waals surface area contributed by atoms with Crippen molar-refractivity contribution in [3.8, 4) is 5.88 Å². The second kappa shape index (κ2) is 9.56. The van der Waals surface area contributed by atoms with Gasteiger partial charge in [-0.1, -0.05) is 19.9 Å². The molecule has 0 amide bonds. The Morgan fingerprint density at radius 2 is 2.21 bits per heavy atom. The summed E-state index contributed by atoms with van der Waals surface area (Å²) in [5, 5.41) is 3.41. The summed E-state index contributed by atoms with van der Waals surface area (Å²) in [6.45, 7) is 10.6. The molecule has 1 N–H and O–H groups in total. The summed E-state index contributed by atoms with van der Waals surface area (Å²) in [6.07, 6.45) is 5.98. The van der Waals surface area contributed by atoms with Crippen LogP contribution in [0.5, 0.6) is 5.88 Å². The first-order valence-electron chi connectivity index (χ1n) is 7.24. The van der Waals surface area contributed by atoms with E-state index in [0.717, 1.165) is 50.3 Å². The minimum Gasteiger partial charge on any atom is -0.478 e. The molecule has 3 heteroatoms. The van der Waals surface area contributed by atoms with Crippen molar-refractivity contribution < 1.29 is 4.74 Å². The predicted molar refractivity (Wildman–Crippen MR) is 80.5 cm³/mol. The molecule has 0 aliphatic rings. The number of nitrogens with one attached hydrogen (secondary N) is 1. The van der Waals surface area contributed by atoms with Crippen LogP contribution in [0.3, 0.4) is 0 Å². The van der Waals surface area contributed by atoms with Crippen molar-refractivity contribution in [2.45, 2.75) is 46.1 Å². The highest BCUT2D eigenvalue weighted by Crippen LogP contribution is 2.14. The first kappa shape index (κ1) is 15.7. The summed E-state index contributed by atoms with van der Waals surface area (Å²) >= 11 is 0. The lowest BCUT2D eigenvalue weighted by molar-refractivity contribution is 0.299. The summed E-state index contributed by atoms with van der Waals surface area (Å²) in [4.78, 5) is 4.50. The van der Waals surface area contributed by atoms with Gasteiger partial charge in [0, 0.05) is 18.3 Å². The molecule has 1 aromatic heterocycles. The summed E-state index contributed by atoms with van der Waals surface area (Å²) in [5.41, 5.74) is 2.34. The monoisotopic (exact) mass is 262 g/mol. The molecule has 0 bridgehead atoms. The van der Waals surface area contributed by atoms with Crippen molar-refractivity contribution in [2.75, 3.05) is 13.2 Å². The second-order valence-corrected chi connectivity index (χ2v) is 4.61. The lowest BCUT2D eigenvalue weighted by Gasteiger charge is -2.10. The topological polar surface area (TPSA) is 34.1 Å². The first-order chi connectivity index (χ1) is 9.30. The van der Waals surface area contributed by atoms with Crippen LogP contribution in [0, 0.1) is 0 Å². The number of hydrogen-bond acceptors (Lipinski definition) is 3. The van der Waals surface area contributed by atoms with Gasteiger partial charge in [-0.15, -0.1) is 6.58 Å². The van der Waals surface area contributed by atoms with Crippen LogP contribution in [0.1, 0.15) is 44.4 Å².